The number of amides is 2. The van der Waals surface area contributed by atoms with E-state index in [0.29, 0.717) is 23.6 Å². The number of nitrogens with zero attached hydrogens (tertiary/aromatic N) is 1. The molecule has 29 heavy (non-hydrogen) atoms. The van der Waals surface area contributed by atoms with Gasteiger partial charge in [-0.3, -0.25) is 9.59 Å². The van der Waals surface area contributed by atoms with Crippen LogP contribution in [0.1, 0.15) is 61.9 Å². The predicted octanol–water partition coefficient (Wildman–Crippen LogP) is 5.37. The van der Waals surface area contributed by atoms with Gasteiger partial charge in [-0.15, -0.1) is 11.3 Å². The van der Waals surface area contributed by atoms with Gasteiger partial charge < -0.3 is 10.2 Å². The molecule has 0 unspecified atom stereocenters. The normalized spacial score (nSPS) is 15.2. The van der Waals surface area contributed by atoms with Crippen molar-refractivity contribution in [2.24, 2.45) is 0 Å². The van der Waals surface area contributed by atoms with Gasteiger partial charge in [0.05, 0.1) is 6.42 Å². The zero-order valence-corrected chi connectivity index (χ0v) is 18.5. The zero-order chi connectivity index (χ0) is 20.6. The van der Waals surface area contributed by atoms with Crippen molar-refractivity contribution in [2.75, 3.05) is 6.54 Å². The van der Waals surface area contributed by atoms with Crippen LogP contribution in [0.3, 0.4) is 0 Å². The van der Waals surface area contributed by atoms with Gasteiger partial charge in [-0.2, -0.15) is 0 Å². The number of carbonyl (C=O) groups is 2. The van der Waals surface area contributed by atoms with Gasteiger partial charge in [-0.1, -0.05) is 62.1 Å². The summed E-state index contributed by atoms with van der Waals surface area (Å²) in [7, 11) is 0. The van der Waals surface area contributed by atoms with Gasteiger partial charge in [-0.25, -0.2) is 0 Å². The Balaban J connectivity index is 1.91. The van der Waals surface area contributed by atoms with Crippen LogP contribution in [0.5, 0.6) is 0 Å². The summed E-state index contributed by atoms with van der Waals surface area (Å²) in [6.07, 6.45) is 6.37. The number of unbranched alkanes of at least 4 members (excludes halogenated alkanes) is 1. The van der Waals surface area contributed by atoms with Crippen molar-refractivity contribution in [3.8, 4) is 0 Å². The van der Waals surface area contributed by atoms with E-state index in [9.17, 15) is 9.59 Å². The van der Waals surface area contributed by atoms with E-state index in [2.05, 4.69) is 12.2 Å². The highest BCUT2D eigenvalue weighted by molar-refractivity contribution is 7.10. The van der Waals surface area contributed by atoms with E-state index >= 15 is 0 Å². The fourth-order valence-electron chi connectivity index (χ4n) is 3.89. The first kappa shape index (κ1) is 21.8. The van der Waals surface area contributed by atoms with Crippen LogP contribution in [0.15, 0.2) is 41.8 Å². The van der Waals surface area contributed by atoms with Crippen LogP contribution in [-0.4, -0.2) is 29.3 Å². The number of hydrogen-bond donors (Lipinski definition) is 1. The van der Waals surface area contributed by atoms with E-state index in [-0.39, 0.29) is 17.9 Å². The van der Waals surface area contributed by atoms with Crippen molar-refractivity contribution < 1.29 is 9.59 Å². The predicted molar refractivity (Wildman–Crippen MR) is 119 cm³/mol. The molecule has 2 amide bonds. The molecule has 0 bridgehead atoms. The van der Waals surface area contributed by atoms with Gasteiger partial charge in [-0.05, 0) is 36.8 Å². The maximum absolute atomic E-state index is 13.4. The fraction of sp³-hybridized carbons (Fsp3) is 0.478. The Labute approximate surface area is 182 Å². The number of hydrogen-bond acceptors (Lipinski definition) is 3. The molecule has 1 atom stereocenters. The molecule has 0 radical (unpaired) electrons. The van der Waals surface area contributed by atoms with Crippen LogP contribution in [0.25, 0.3) is 0 Å². The Morgan fingerprint density at radius 3 is 2.62 bits per heavy atom. The molecule has 1 aliphatic carbocycles. The lowest BCUT2D eigenvalue weighted by molar-refractivity contribution is -0.140. The summed E-state index contributed by atoms with van der Waals surface area (Å²) in [5.41, 5.74) is 0.695. The Bertz CT molecular complexity index is 803. The summed E-state index contributed by atoms with van der Waals surface area (Å²) >= 11 is 8.05. The minimum Gasteiger partial charge on any atom is -0.351 e. The van der Waals surface area contributed by atoms with Gasteiger partial charge in [0.15, 0.2) is 0 Å². The van der Waals surface area contributed by atoms with Gasteiger partial charge >= 0.3 is 0 Å². The number of rotatable bonds is 9. The minimum atomic E-state index is -0.705. The fourth-order valence-corrected chi connectivity index (χ4v) is 4.82. The third-order valence-corrected chi connectivity index (χ3v) is 6.66. The first-order valence-electron chi connectivity index (χ1n) is 10.5. The lowest BCUT2D eigenvalue weighted by Gasteiger charge is -2.32. The molecule has 0 spiro atoms. The Morgan fingerprint density at radius 1 is 1.21 bits per heavy atom. The van der Waals surface area contributed by atoms with E-state index in [1.807, 2.05) is 35.7 Å². The largest absolute Gasteiger partial charge is 0.351 e. The summed E-state index contributed by atoms with van der Waals surface area (Å²) in [5.74, 6) is -0.159. The Morgan fingerprint density at radius 2 is 1.97 bits per heavy atom. The lowest BCUT2D eigenvalue weighted by atomic mass is 10.0. The molecule has 156 valence electrons. The number of nitrogens with one attached hydrogen (secondary N) is 1. The highest BCUT2D eigenvalue weighted by Crippen LogP contribution is 2.30. The highest BCUT2D eigenvalue weighted by Gasteiger charge is 2.34. The van der Waals surface area contributed by atoms with Crippen LogP contribution in [0.4, 0.5) is 0 Å². The Hall–Kier alpha value is -1.85. The van der Waals surface area contributed by atoms with Crippen molar-refractivity contribution in [1.82, 2.24) is 10.2 Å². The van der Waals surface area contributed by atoms with Gasteiger partial charge in [0, 0.05) is 28.0 Å². The number of halogens is 1. The van der Waals surface area contributed by atoms with Crippen LogP contribution < -0.4 is 5.32 Å². The average Bonchev–Trinajstić information content (AvgIpc) is 3.40. The van der Waals surface area contributed by atoms with E-state index in [0.717, 1.165) is 43.4 Å². The summed E-state index contributed by atoms with van der Waals surface area (Å²) in [5, 5.41) is 5.67. The van der Waals surface area contributed by atoms with Crippen LogP contribution in [0.2, 0.25) is 5.02 Å². The number of thiophene rings is 1. The second-order valence-corrected chi connectivity index (χ2v) is 9.05. The smallest absolute Gasteiger partial charge is 0.247 e. The molecule has 3 rings (SSSR count). The van der Waals surface area contributed by atoms with Gasteiger partial charge in [0.25, 0.3) is 0 Å². The minimum absolute atomic E-state index is 0.0348. The summed E-state index contributed by atoms with van der Waals surface area (Å²) in [4.78, 5) is 29.4. The first-order valence-corrected chi connectivity index (χ1v) is 11.7. The van der Waals surface area contributed by atoms with Crippen molar-refractivity contribution in [1.29, 1.82) is 0 Å². The van der Waals surface area contributed by atoms with Gasteiger partial charge in [0.1, 0.15) is 6.04 Å². The standard InChI is InChI=1S/C23H29ClN2O2S/c1-2-3-14-26(21(27)16-18-11-8-15-29-18)22(19-12-6-7-13-20(19)24)23(28)25-17-9-4-5-10-17/h6-8,11-13,15,17,22H,2-5,9-10,14,16H2,1H3,(H,25,28)/t22-/m0/s1. The molecule has 1 N–H and O–H groups in total. The molecular formula is C23H29ClN2O2S. The first-order chi connectivity index (χ1) is 14.1. The second-order valence-electron chi connectivity index (χ2n) is 7.61. The monoisotopic (exact) mass is 432 g/mol. The molecule has 2 aromatic rings. The molecule has 1 aliphatic rings. The van der Waals surface area contributed by atoms with E-state index < -0.39 is 6.04 Å². The number of benzene rings is 1. The zero-order valence-electron chi connectivity index (χ0n) is 16.9. The van der Waals surface area contributed by atoms with Gasteiger partial charge in [0.2, 0.25) is 11.8 Å². The van der Waals surface area contributed by atoms with E-state index in [4.69, 9.17) is 11.6 Å². The molecule has 1 fully saturated rings. The summed E-state index contributed by atoms with van der Waals surface area (Å²) in [6, 6.07) is 10.8. The third-order valence-electron chi connectivity index (χ3n) is 5.44. The van der Waals surface area contributed by atoms with Crippen LogP contribution in [-0.2, 0) is 16.0 Å². The molecule has 6 heteroatoms. The van der Waals surface area contributed by atoms with Crippen molar-refractivity contribution in [3.05, 3.63) is 57.2 Å². The molecule has 0 aliphatic heterocycles. The van der Waals surface area contributed by atoms with E-state index in [1.165, 1.54) is 0 Å². The number of carbonyl (C=O) groups excluding carboxylic acids is 2. The molecular weight excluding hydrogens is 404 g/mol. The SMILES string of the molecule is CCCCN(C(=O)Cc1cccs1)[C@H](C(=O)NC1CCCC1)c1ccccc1Cl. The second kappa shape index (κ2) is 10.8. The Kier molecular flexibility index (Phi) is 8.13. The summed E-state index contributed by atoms with van der Waals surface area (Å²) < 4.78 is 0. The van der Waals surface area contributed by atoms with Crippen LogP contribution >= 0.6 is 22.9 Å². The molecule has 0 saturated heterocycles. The maximum atomic E-state index is 13.4. The molecule has 1 saturated carbocycles. The molecule has 1 aromatic carbocycles. The third kappa shape index (κ3) is 5.83. The molecule has 1 aromatic heterocycles. The van der Waals surface area contributed by atoms with Crippen LogP contribution in [0, 0.1) is 0 Å². The lowest BCUT2D eigenvalue weighted by Crippen LogP contribution is -2.47. The van der Waals surface area contributed by atoms with Crippen molar-refractivity contribution >= 4 is 34.8 Å². The quantitative estimate of drug-likeness (QED) is 0.578. The summed E-state index contributed by atoms with van der Waals surface area (Å²) in [6.45, 7) is 2.62. The molecule has 1 heterocycles. The average molecular weight is 433 g/mol. The topological polar surface area (TPSA) is 49.4 Å². The van der Waals surface area contributed by atoms with E-state index in [1.54, 1.807) is 22.3 Å². The molecule has 4 nitrogen and oxygen atoms in total. The highest BCUT2D eigenvalue weighted by atomic mass is 35.5. The van der Waals surface area contributed by atoms with Crippen molar-refractivity contribution in [2.45, 2.75) is 64.0 Å². The van der Waals surface area contributed by atoms with Crippen molar-refractivity contribution in [3.63, 3.8) is 0 Å². The maximum Gasteiger partial charge on any atom is 0.247 e.